The van der Waals surface area contributed by atoms with Gasteiger partial charge < -0.3 is 0 Å². The van der Waals surface area contributed by atoms with E-state index in [2.05, 4.69) is 58.7 Å². The van der Waals surface area contributed by atoms with Crippen LogP contribution < -0.4 is 0 Å². The van der Waals surface area contributed by atoms with Crippen molar-refractivity contribution in [2.45, 2.75) is 0 Å². The SMILES string of the molecule is Brc1ccc([CH+]c2ccccc2)cc1. The van der Waals surface area contributed by atoms with Gasteiger partial charge in [-0.2, -0.15) is 0 Å². The summed E-state index contributed by atoms with van der Waals surface area (Å²) in [5, 5.41) is 0. The van der Waals surface area contributed by atoms with E-state index in [-0.39, 0.29) is 0 Å². The molecular weight excluding hydrogens is 236 g/mol. The second-order valence-electron chi connectivity index (χ2n) is 3.11. The Balaban J connectivity index is 2.16. The average molecular weight is 246 g/mol. The van der Waals surface area contributed by atoms with E-state index in [4.69, 9.17) is 0 Å². The summed E-state index contributed by atoms with van der Waals surface area (Å²) in [6.07, 6.45) is 2.16. The lowest BCUT2D eigenvalue weighted by Crippen LogP contribution is -1.83. The standard InChI is InChI=1S/C13H10Br/c14-13-8-6-12(7-9-13)10-11-4-2-1-3-5-11/h1-10H/q+1. The quantitative estimate of drug-likeness (QED) is 0.701. The van der Waals surface area contributed by atoms with Gasteiger partial charge in [-0.05, 0) is 46.3 Å². The number of hydrogen-bond acceptors (Lipinski definition) is 0. The Hall–Kier alpha value is -1.21. The zero-order valence-corrected chi connectivity index (χ0v) is 9.24. The third-order valence-corrected chi connectivity index (χ3v) is 2.53. The van der Waals surface area contributed by atoms with Gasteiger partial charge in [0.05, 0.1) is 11.1 Å². The molecule has 0 atom stereocenters. The van der Waals surface area contributed by atoms with E-state index >= 15 is 0 Å². The van der Waals surface area contributed by atoms with Gasteiger partial charge in [0.15, 0.2) is 0 Å². The fourth-order valence-electron chi connectivity index (χ4n) is 1.30. The normalized spacial score (nSPS) is 9.79. The summed E-state index contributed by atoms with van der Waals surface area (Å²) < 4.78 is 1.11. The first-order valence-corrected chi connectivity index (χ1v) is 5.29. The average Bonchev–Trinajstić information content (AvgIpc) is 2.23. The lowest BCUT2D eigenvalue weighted by Gasteiger charge is -1.94. The summed E-state index contributed by atoms with van der Waals surface area (Å²) in [5.41, 5.74) is 2.45. The largest absolute Gasteiger partial charge is 0.0726 e. The maximum atomic E-state index is 3.42. The van der Waals surface area contributed by atoms with Crippen LogP contribution >= 0.6 is 15.9 Å². The highest BCUT2D eigenvalue weighted by molar-refractivity contribution is 9.10. The molecule has 0 aliphatic rings. The lowest BCUT2D eigenvalue weighted by atomic mass is 10.1. The van der Waals surface area contributed by atoms with Crippen molar-refractivity contribution in [2.75, 3.05) is 0 Å². The van der Waals surface area contributed by atoms with E-state index in [0.717, 1.165) is 4.47 Å². The van der Waals surface area contributed by atoms with Crippen molar-refractivity contribution in [1.29, 1.82) is 0 Å². The van der Waals surface area contributed by atoms with Crippen molar-refractivity contribution in [3.8, 4) is 0 Å². The van der Waals surface area contributed by atoms with E-state index in [1.807, 2.05) is 18.2 Å². The van der Waals surface area contributed by atoms with Crippen LogP contribution in [0.1, 0.15) is 11.1 Å². The van der Waals surface area contributed by atoms with Crippen LogP contribution in [0.2, 0.25) is 0 Å². The molecule has 0 N–H and O–H groups in total. The third kappa shape index (κ3) is 2.39. The Morgan fingerprint density at radius 3 is 1.93 bits per heavy atom. The summed E-state index contributed by atoms with van der Waals surface area (Å²) in [6.45, 7) is 0. The molecule has 0 saturated carbocycles. The van der Waals surface area contributed by atoms with Gasteiger partial charge in [-0.15, -0.1) is 0 Å². The molecule has 1 heteroatoms. The molecule has 0 spiro atoms. The van der Waals surface area contributed by atoms with Crippen molar-refractivity contribution in [2.24, 2.45) is 0 Å². The highest BCUT2D eigenvalue weighted by atomic mass is 79.9. The molecule has 0 nitrogen and oxygen atoms in total. The highest BCUT2D eigenvalue weighted by Crippen LogP contribution is 2.15. The van der Waals surface area contributed by atoms with E-state index in [0.29, 0.717) is 0 Å². The van der Waals surface area contributed by atoms with Crippen molar-refractivity contribution < 1.29 is 0 Å². The first kappa shape index (κ1) is 9.35. The second kappa shape index (κ2) is 4.34. The predicted molar refractivity (Wildman–Crippen MR) is 63.1 cm³/mol. The molecule has 0 fully saturated rings. The Morgan fingerprint density at radius 2 is 1.29 bits per heavy atom. The van der Waals surface area contributed by atoms with Crippen LogP contribution in [0.3, 0.4) is 0 Å². The van der Waals surface area contributed by atoms with Gasteiger partial charge in [0.1, 0.15) is 0 Å². The molecule has 0 aliphatic heterocycles. The Kier molecular flexibility index (Phi) is 2.90. The van der Waals surface area contributed by atoms with E-state index in [1.165, 1.54) is 11.1 Å². The van der Waals surface area contributed by atoms with Crippen molar-refractivity contribution in [1.82, 2.24) is 0 Å². The summed E-state index contributed by atoms with van der Waals surface area (Å²) in [4.78, 5) is 0. The molecule has 68 valence electrons. The van der Waals surface area contributed by atoms with Gasteiger partial charge >= 0.3 is 0 Å². The Bertz CT molecular complexity index is 389. The number of benzene rings is 2. The zero-order valence-electron chi connectivity index (χ0n) is 7.65. The Morgan fingerprint density at radius 1 is 0.714 bits per heavy atom. The minimum Gasteiger partial charge on any atom is -0.0493 e. The molecule has 2 rings (SSSR count). The topological polar surface area (TPSA) is 0 Å². The molecule has 0 aromatic heterocycles. The predicted octanol–water partition coefficient (Wildman–Crippen LogP) is 4.05. The van der Waals surface area contributed by atoms with Crippen LogP contribution in [0.25, 0.3) is 0 Å². The summed E-state index contributed by atoms with van der Waals surface area (Å²) in [5.74, 6) is 0. The summed E-state index contributed by atoms with van der Waals surface area (Å²) in [7, 11) is 0. The third-order valence-electron chi connectivity index (χ3n) is 2.00. The van der Waals surface area contributed by atoms with Crippen LogP contribution in [0.15, 0.2) is 59.1 Å². The summed E-state index contributed by atoms with van der Waals surface area (Å²) >= 11 is 3.42. The number of halogens is 1. The highest BCUT2D eigenvalue weighted by Gasteiger charge is 2.01. The molecule has 0 aliphatic carbocycles. The molecule has 0 amide bonds. The fourth-order valence-corrected chi connectivity index (χ4v) is 1.57. The van der Waals surface area contributed by atoms with Crippen LogP contribution in [-0.2, 0) is 0 Å². The van der Waals surface area contributed by atoms with Gasteiger partial charge in [0.25, 0.3) is 0 Å². The van der Waals surface area contributed by atoms with E-state index < -0.39 is 0 Å². The zero-order chi connectivity index (χ0) is 9.80. The molecule has 14 heavy (non-hydrogen) atoms. The first-order valence-electron chi connectivity index (χ1n) is 4.50. The number of rotatable bonds is 2. The van der Waals surface area contributed by atoms with Gasteiger partial charge in [-0.3, -0.25) is 0 Å². The van der Waals surface area contributed by atoms with Crippen molar-refractivity contribution in [3.63, 3.8) is 0 Å². The molecule has 0 saturated heterocycles. The van der Waals surface area contributed by atoms with E-state index in [9.17, 15) is 0 Å². The van der Waals surface area contributed by atoms with Crippen LogP contribution in [0.4, 0.5) is 0 Å². The van der Waals surface area contributed by atoms with Crippen LogP contribution in [-0.4, -0.2) is 0 Å². The smallest absolute Gasteiger partial charge is 0.0493 e. The van der Waals surface area contributed by atoms with Gasteiger partial charge in [-0.25, -0.2) is 0 Å². The monoisotopic (exact) mass is 245 g/mol. The van der Waals surface area contributed by atoms with Crippen LogP contribution in [0.5, 0.6) is 0 Å². The minimum absolute atomic E-state index is 1.11. The molecule has 0 heterocycles. The molecule has 0 radical (unpaired) electrons. The fraction of sp³-hybridized carbons (Fsp3) is 0. The van der Waals surface area contributed by atoms with Gasteiger partial charge in [-0.1, -0.05) is 0 Å². The van der Waals surface area contributed by atoms with Crippen LogP contribution in [0, 0.1) is 6.42 Å². The molecule has 2 aromatic carbocycles. The van der Waals surface area contributed by atoms with Crippen molar-refractivity contribution >= 4 is 15.9 Å². The van der Waals surface area contributed by atoms with Crippen molar-refractivity contribution in [3.05, 3.63) is 76.6 Å². The number of hydrogen-bond donors (Lipinski definition) is 0. The molecule has 0 unspecified atom stereocenters. The second-order valence-corrected chi connectivity index (χ2v) is 4.02. The molecule has 0 bridgehead atoms. The molecular formula is C13H10Br+. The minimum atomic E-state index is 1.11. The summed E-state index contributed by atoms with van der Waals surface area (Å²) in [6, 6.07) is 18.6. The van der Waals surface area contributed by atoms with Gasteiger partial charge in [0.2, 0.25) is 0 Å². The maximum absolute atomic E-state index is 3.42. The Labute approximate surface area is 92.7 Å². The first-order chi connectivity index (χ1) is 6.84. The van der Waals surface area contributed by atoms with Gasteiger partial charge in [0, 0.05) is 35.2 Å². The lowest BCUT2D eigenvalue weighted by molar-refractivity contribution is 1.43. The van der Waals surface area contributed by atoms with E-state index in [1.54, 1.807) is 0 Å². The molecule has 2 aromatic rings. The maximum Gasteiger partial charge on any atom is 0.0726 e.